The summed E-state index contributed by atoms with van der Waals surface area (Å²) in [6, 6.07) is 0. The predicted octanol–water partition coefficient (Wildman–Crippen LogP) is 3.12. The summed E-state index contributed by atoms with van der Waals surface area (Å²) in [5.41, 5.74) is 0.988. The summed E-state index contributed by atoms with van der Waals surface area (Å²) in [5, 5.41) is 14.7. The van der Waals surface area contributed by atoms with Crippen molar-refractivity contribution in [2.45, 2.75) is 57.4 Å². The maximum absolute atomic E-state index is 4.58. The van der Waals surface area contributed by atoms with Gasteiger partial charge in [-0.15, -0.1) is 10.2 Å². The molecule has 3 nitrogen and oxygen atoms in total. The molecule has 4 aliphatic rings. The standard InChI is InChI=1S/C15H23N3S/c1-14-4-10-3-11(5-14)7-15(6-10,9-14)13-18-17-12(19-13)8-16-2/h10-11,16H,3-9H2,1-2H3. The normalized spacial score (nSPS) is 43.9. The molecule has 0 spiro atoms. The number of aromatic nitrogens is 2. The fourth-order valence-corrected chi connectivity index (χ4v) is 6.72. The van der Waals surface area contributed by atoms with E-state index < -0.39 is 0 Å². The van der Waals surface area contributed by atoms with Gasteiger partial charge >= 0.3 is 0 Å². The number of rotatable bonds is 3. The Morgan fingerprint density at radius 2 is 1.95 bits per heavy atom. The van der Waals surface area contributed by atoms with Crippen LogP contribution < -0.4 is 5.32 Å². The average Bonchev–Trinajstić information content (AvgIpc) is 2.75. The van der Waals surface area contributed by atoms with Gasteiger partial charge in [-0.05, 0) is 62.8 Å². The van der Waals surface area contributed by atoms with Crippen molar-refractivity contribution in [3.8, 4) is 0 Å². The van der Waals surface area contributed by atoms with Crippen LogP contribution in [0.1, 0.15) is 55.5 Å². The van der Waals surface area contributed by atoms with E-state index in [1.807, 2.05) is 18.4 Å². The molecule has 0 saturated heterocycles. The zero-order valence-electron chi connectivity index (χ0n) is 11.9. The van der Waals surface area contributed by atoms with E-state index in [0.717, 1.165) is 23.4 Å². The molecule has 1 heterocycles. The van der Waals surface area contributed by atoms with Crippen LogP contribution in [0.25, 0.3) is 0 Å². The minimum Gasteiger partial charge on any atom is -0.313 e. The summed E-state index contributed by atoms with van der Waals surface area (Å²) >= 11 is 1.86. The topological polar surface area (TPSA) is 37.8 Å². The minimum absolute atomic E-state index is 0.391. The summed E-state index contributed by atoms with van der Waals surface area (Å²) in [5.74, 6) is 1.92. The lowest BCUT2D eigenvalue weighted by Gasteiger charge is -2.60. The zero-order valence-corrected chi connectivity index (χ0v) is 12.7. The van der Waals surface area contributed by atoms with Crippen LogP contribution in [-0.4, -0.2) is 17.2 Å². The maximum Gasteiger partial charge on any atom is 0.131 e. The molecule has 0 amide bonds. The van der Waals surface area contributed by atoms with Crippen LogP contribution >= 0.6 is 11.3 Å². The highest BCUT2D eigenvalue weighted by atomic mass is 32.1. The van der Waals surface area contributed by atoms with Gasteiger partial charge in [0.2, 0.25) is 0 Å². The van der Waals surface area contributed by atoms with Gasteiger partial charge in [-0.25, -0.2) is 0 Å². The molecule has 2 unspecified atom stereocenters. The van der Waals surface area contributed by atoms with Crippen molar-refractivity contribution in [2.24, 2.45) is 17.3 Å². The van der Waals surface area contributed by atoms with Crippen molar-refractivity contribution in [2.75, 3.05) is 7.05 Å². The second-order valence-electron chi connectivity index (χ2n) is 7.58. The van der Waals surface area contributed by atoms with Gasteiger partial charge in [0.15, 0.2) is 0 Å². The van der Waals surface area contributed by atoms with Gasteiger partial charge in [-0.1, -0.05) is 18.3 Å². The number of nitrogens with zero attached hydrogens (tertiary/aromatic N) is 2. The largest absolute Gasteiger partial charge is 0.313 e. The highest BCUT2D eigenvalue weighted by molar-refractivity contribution is 7.11. The first kappa shape index (κ1) is 12.3. The Labute approximate surface area is 119 Å². The molecule has 4 bridgehead atoms. The molecule has 2 atom stereocenters. The monoisotopic (exact) mass is 277 g/mol. The molecule has 4 heteroatoms. The Morgan fingerprint density at radius 3 is 2.58 bits per heavy atom. The fourth-order valence-electron chi connectivity index (χ4n) is 5.66. The van der Waals surface area contributed by atoms with E-state index in [2.05, 4.69) is 22.4 Å². The molecule has 1 N–H and O–H groups in total. The third-order valence-electron chi connectivity index (χ3n) is 5.60. The molecule has 4 aliphatic carbocycles. The van der Waals surface area contributed by atoms with Gasteiger partial charge in [-0.3, -0.25) is 0 Å². The molecule has 0 aliphatic heterocycles. The lowest BCUT2D eigenvalue weighted by molar-refractivity contribution is -0.0618. The first-order valence-corrected chi connectivity index (χ1v) is 8.40. The van der Waals surface area contributed by atoms with Crippen LogP contribution in [0.15, 0.2) is 0 Å². The number of hydrogen-bond donors (Lipinski definition) is 1. The molecule has 0 aromatic carbocycles. The van der Waals surface area contributed by atoms with Crippen LogP contribution in [-0.2, 0) is 12.0 Å². The summed E-state index contributed by atoms with van der Waals surface area (Å²) in [7, 11) is 1.98. The lowest BCUT2D eigenvalue weighted by Crippen LogP contribution is -2.52. The van der Waals surface area contributed by atoms with Crippen LogP contribution in [0.5, 0.6) is 0 Å². The molecule has 1 aromatic heterocycles. The van der Waals surface area contributed by atoms with Crippen molar-refractivity contribution < 1.29 is 0 Å². The summed E-state index contributed by atoms with van der Waals surface area (Å²) < 4.78 is 0. The average molecular weight is 277 g/mol. The first-order chi connectivity index (χ1) is 9.11. The van der Waals surface area contributed by atoms with Gasteiger partial charge in [0, 0.05) is 12.0 Å². The Bertz CT molecular complexity index is 481. The molecular formula is C15H23N3S. The van der Waals surface area contributed by atoms with E-state index >= 15 is 0 Å². The predicted molar refractivity (Wildman–Crippen MR) is 77.1 cm³/mol. The SMILES string of the molecule is CNCc1nnc(C23CC4CC(CC(C)(C4)C2)C3)s1. The first-order valence-electron chi connectivity index (χ1n) is 7.58. The van der Waals surface area contributed by atoms with Crippen LogP contribution in [0.4, 0.5) is 0 Å². The molecule has 5 rings (SSSR count). The Hall–Kier alpha value is -0.480. The molecule has 19 heavy (non-hydrogen) atoms. The zero-order chi connectivity index (χ0) is 13.1. The smallest absolute Gasteiger partial charge is 0.131 e. The van der Waals surface area contributed by atoms with Crippen LogP contribution in [0.2, 0.25) is 0 Å². The highest BCUT2D eigenvalue weighted by Gasteiger charge is 2.57. The van der Waals surface area contributed by atoms with Crippen molar-refractivity contribution >= 4 is 11.3 Å². The molecule has 4 saturated carbocycles. The molecular weight excluding hydrogens is 254 g/mol. The van der Waals surface area contributed by atoms with Crippen LogP contribution in [0.3, 0.4) is 0 Å². The van der Waals surface area contributed by atoms with Gasteiger partial charge in [0.1, 0.15) is 10.0 Å². The number of hydrogen-bond acceptors (Lipinski definition) is 4. The van der Waals surface area contributed by atoms with Gasteiger partial charge in [0.05, 0.1) is 0 Å². The van der Waals surface area contributed by atoms with Crippen LogP contribution in [0, 0.1) is 17.3 Å². The summed E-state index contributed by atoms with van der Waals surface area (Å²) in [6.07, 6.45) is 8.54. The fraction of sp³-hybridized carbons (Fsp3) is 0.867. The summed E-state index contributed by atoms with van der Waals surface area (Å²) in [4.78, 5) is 0. The molecule has 104 valence electrons. The van der Waals surface area contributed by atoms with Gasteiger partial charge < -0.3 is 5.32 Å². The second-order valence-corrected chi connectivity index (χ2v) is 8.65. The molecule has 4 fully saturated rings. The van der Waals surface area contributed by atoms with E-state index in [4.69, 9.17) is 0 Å². The number of nitrogens with one attached hydrogen (secondary N) is 1. The van der Waals surface area contributed by atoms with E-state index in [1.165, 1.54) is 43.5 Å². The minimum atomic E-state index is 0.391. The Morgan fingerprint density at radius 1 is 1.21 bits per heavy atom. The summed E-state index contributed by atoms with van der Waals surface area (Å²) in [6.45, 7) is 3.38. The van der Waals surface area contributed by atoms with E-state index in [-0.39, 0.29) is 0 Å². The third-order valence-corrected chi connectivity index (χ3v) is 6.77. The molecule has 1 aromatic rings. The van der Waals surface area contributed by atoms with Crippen molar-refractivity contribution in [1.29, 1.82) is 0 Å². The van der Waals surface area contributed by atoms with Crippen molar-refractivity contribution in [1.82, 2.24) is 15.5 Å². The van der Waals surface area contributed by atoms with Crippen molar-refractivity contribution in [3.63, 3.8) is 0 Å². The van der Waals surface area contributed by atoms with Crippen molar-refractivity contribution in [3.05, 3.63) is 10.0 Å². The maximum atomic E-state index is 4.58. The third kappa shape index (κ3) is 1.87. The Kier molecular flexibility index (Phi) is 2.59. The quantitative estimate of drug-likeness (QED) is 0.922. The van der Waals surface area contributed by atoms with Gasteiger partial charge in [0.25, 0.3) is 0 Å². The molecule has 0 radical (unpaired) electrons. The van der Waals surface area contributed by atoms with E-state index in [9.17, 15) is 0 Å². The van der Waals surface area contributed by atoms with Gasteiger partial charge in [-0.2, -0.15) is 0 Å². The second kappa shape index (κ2) is 4.01. The lowest BCUT2D eigenvalue weighted by atomic mass is 9.45. The van der Waals surface area contributed by atoms with E-state index in [0.29, 0.717) is 10.8 Å². The Balaban J connectivity index is 1.69. The van der Waals surface area contributed by atoms with E-state index in [1.54, 1.807) is 0 Å². The highest BCUT2D eigenvalue weighted by Crippen LogP contribution is 2.65.